The topological polar surface area (TPSA) is 25.8 Å². The minimum Gasteiger partial charge on any atom is -0.235 e. The molecule has 1 unspecified atom stereocenters. The van der Waals surface area contributed by atoms with E-state index >= 15 is 0 Å². The molecule has 2 aliphatic rings. The highest BCUT2D eigenvalue weighted by Crippen LogP contribution is 2.44. The zero-order chi connectivity index (χ0) is 11.8. The summed E-state index contributed by atoms with van der Waals surface area (Å²) in [5.74, 6) is 2.85. The summed E-state index contributed by atoms with van der Waals surface area (Å²) in [6.45, 7) is 0. The van der Waals surface area contributed by atoms with Gasteiger partial charge in [0, 0.05) is 5.92 Å². The first-order chi connectivity index (χ1) is 8.25. The molecule has 0 aromatic carbocycles. The molecule has 1 aromatic rings. The van der Waals surface area contributed by atoms with Crippen LogP contribution in [-0.2, 0) is 0 Å². The van der Waals surface area contributed by atoms with Crippen LogP contribution in [0.25, 0.3) is 0 Å². The minimum absolute atomic E-state index is 0.468. The van der Waals surface area contributed by atoms with E-state index in [1.807, 2.05) is 11.8 Å². The summed E-state index contributed by atoms with van der Waals surface area (Å²) in [6, 6.07) is 0. The molecule has 1 atom stereocenters. The average molecular weight is 381 g/mol. The molecule has 2 heterocycles. The molecule has 0 spiro atoms. The summed E-state index contributed by atoms with van der Waals surface area (Å²) in [5, 5.41) is 1.12. The summed E-state index contributed by atoms with van der Waals surface area (Å²) in [5.41, 5.74) is 1.20. The summed E-state index contributed by atoms with van der Waals surface area (Å²) in [4.78, 5) is 9.29. The third kappa shape index (κ3) is 2.73. The maximum atomic E-state index is 6.24. The van der Waals surface area contributed by atoms with Gasteiger partial charge in [0.25, 0.3) is 0 Å². The molecule has 1 aromatic heterocycles. The van der Waals surface area contributed by atoms with Crippen LogP contribution in [0.1, 0.15) is 54.8 Å². The standard InChI is InChI=1S/C12H14ClIN2S/c13-11-9(14)10(7-4-5-7)15-12(16-11)8-3-1-2-6-17-8/h7-8H,1-6H2. The molecule has 0 radical (unpaired) electrons. The van der Waals surface area contributed by atoms with Crippen molar-refractivity contribution in [3.8, 4) is 0 Å². The Hall–Kier alpha value is 0.450. The van der Waals surface area contributed by atoms with E-state index < -0.39 is 0 Å². The molecule has 5 heteroatoms. The van der Waals surface area contributed by atoms with E-state index in [2.05, 4.69) is 27.6 Å². The molecular weight excluding hydrogens is 367 g/mol. The number of aromatic nitrogens is 2. The summed E-state index contributed by atoms with van der Waals surface area (Å²) >= 11 is 10.5. The Morgan fingerprint density at radius 2 is 2.00 bits per heavy atom. The van der Waals surface area contributed by atoms with E-state index in [-0.39, 0.29) is 0 Å². The highest BCUT2D eigenvalue weighted by atomic mass is 127. The van der Waals surface area contributed by atoms with Crippen molar-refractivity contribution in [1.82, 2.24) is 9.97 Å². The molecule has 1 saturated carbocycles. The van der Waals surface area contributed by atoms with Crippen LogP contribution in [0.15, 0.2) is 0 Å². The molecule has 1 aliphatic heterocycles. The molecule has 2 fully saturated rings. The van der Waals surface area contributed by atoms with Gasteiger partial charge in [-0.25, -0.2) is 9.97 Å². The van der Waals surface area contributed by atoms with Gasteiger partial charge in [0.15, 0.2) is 0 Å². The minimum atomic E-state index is 0.468. The number of rotatable bonds is 2. The van der Waals surface area contributed by atoms with E-state index in [4.69, 9.17) is 16.6 Å². The van der Waals surface area contributed by atoms with Gasteiger partial charge < -0.3 is 0 Å². The molecule has 0 amide bonds. The smallest absolute Gasteiger partial charge is 0.146 e. The number of nitrogens with zero attached hydrogens (tertiary/aromatic N) is 2. The van der Waals surface area contributed by atoms with Gasteiger partial charge in [-0.1, -0.05) is 18.0 Å². The van der Waals surface area contributed by atoms with Crippen molar-refractivity contribution in [2.24, 2.45) is 0 Å². The van der Waals surface area contributed by atoms with Crippen molar-refractivity contribution < 1.29 is 0 Å². The van der Waals surface area contributed by atoms with Crippen LogP contribution in [0.4, 0.5) is 0 Å². The normalized spacial score (nSPS) is 24.9. The second-order valence-electron chi connectivity index (χ2n) is 4.70. The SMILES string of the molecule is Clc1nc(C2CCCCS2)nc(C2CC2)c1I. The first kappa shape index (κ1) is 12.5. The molecule has 1 saturated heterocycles. The second-order valence-corrected chi connectivity index (χ2v) is 7.45. The first-order valence-corrected chi connectivity index (χ1v) is 8.60. The van der Waals surface area contributed by atoms with E-state index in [0.717, 1.165) is 9.39 Å². The number of hydrogen-bond acceptors (Lipinski definition) is 3. The highest BCUT2D eigenvalue weighted by molar-refractivity contribution is 14.1. The monoisotopic (exact) mass is 380 g/mol. The summed E-state index contributed by atoms with van der Waals surface area (Å²) in [6.07, 6.45) is 6.35. The lowest BCUT2D eigenvalue weighted by atomic mass is 10.1. The quantitative estimate of drug-likeness (QED) is 0.555. The van der Waals surface area contributed by atoms with Gasteiger partial charge in [-0.05, 0) is 54.0 Å². The molecular formula is C12H14ClIN2S. The van der Waals surface area contributed by atoms with Gasteiger partial charge in [0.2, 0.25) is 0 Å². The van der Waals surface area contributed by atoms with Crippen molar-refractivity contribution >= 4 is 46.0 Å². The van der Waals surface area contributed by atoms with Crippen LogP contribution < -0.4 is 0 Å². The lowest BCUT2D eigenvalue weighted by Gasteiger charge is -2.20. The van der Waals surface area contributed by atoms with Crippen molar-refractivity contribution in [3.05, 3.63) is 20.2 Å². The van der Waals surface area contributed by atoms with E-state index in [1.165, 1.54) is 43.6 Å². The molecule has 92 valence electrons. The highest BCUT2D eigenvalue weighted by Gasteiger charge is 2.30. The van der Waals surface area contributed by atoms with Gasteiger partial charge in [0.05, 0.1) is 14.5 Å². The lowest BCUT2D eigenvalue weighted by Crippen LogP contribution is -2.09. The van der Waals surface area contributed by atoms with Gasteiger partial charge in [-0.15, -0.1) is 0 Å². The molecule has 0 N–H and O–H groups in total. The Morgan fingerprint density at radius 3 is 2.65 bits per heavy atom. The lowest BCUT2D eigenvalue weighted by molar-refractivity contribution is 0.657. The van der Waals surface area contributed by atoms with Crippen molar-refractivity contribution in [2.45, 2.75) is 43.3 Å². The Morgan fingerprint density at radius 1 is 1.18 bits per heavy atom. The van der Waals surface area contributed by atoms with Crippen LogP contribution in [0.2, 0.25) is 5.15 Å². The van der Waals surface area contributed by atoms with Crippen molar-refractivity contribution in [1.29, 1.82) is 0 Å². The summed E-state index contributed by atoms with van der Waals surface area (Å²) in [7, 11) is 0. The maximum Gasteiger partial charge on any atom is 0.146 e. The number of hydrogen-bond donors (Lipinski definition) is 0. The van der Waals surface area contributed by atoms with Crippen LogP contribution >= 0.6 is 46.0 Å². The zero-order valence-electron chi connectivity index (χ0n) is 9.46. The third-order valence-electron chi connectivity index (χ3n) is 3.29. The largest absolute Gasteiger partial charge is 0.235 e. The third-order valence-corrected chi connectivity index (χ3v) is 6.31. The van der Waals surface area contributed by atoms with Crippen LogP contribution in [0.3, 0.4) is 0 Å². The van der Waals surface area contributed by atoms with Gasteiger partial charge >= 0.3 is 0 Å². The van der Waals surface area contributed by atoms with E-state index in [0.29, 0.717) is 16.3 Å². The average Bonchev–Trinajstić information content (AvgIpc) is 3.18. The number of thioether (sulfide) groups is 1. The molecule has 17 heavy (non-hydrogen) atoms. The van der Waals surface area contributed by atoms with Crippen molar-refractivity contribution in [3.63, 3.8) is 0 Å². The van der Waals surface area contributed by atoms with Crippen LogP contribution in [0, 0.1) is 3.57 Å². The Kier molecular flexibility index (Phi) is 3.83. The summed E-state index contributed by atoms with van der Waals surface area (Å²) < 4.78 is 1.07. The number of halogens is 2. The Bertz CT molecular complexity index is 431. The van der Waals surface area contributed by atoms with Crippen LogP contribution in [-0.4, -0.2) is 15.7 Å². The Balaban J connectivity index is 1.93. The van der Waals surface area contributed by atoms with Crippen molar-refractivity contribution in [2.75, 3.05) is 5.75 Å². The Labute approximate surface area is 124 Å². The zero-order valence-corrected chi connectivity index (χ0v) is 13.2. The molecule has 1 aliphatic carbocycles. The second kappa shape index (κ2) is 5.21. The fourth-order valence-electron chi connectivity index (χ4n) is 2.17. The molecule has 3 rings (SSSR count). The predicted molar refractivity (Wildman–Crippen MR) is 80.8 cm³/mol. The van der Waals surface area contributed by atoms with Gasteiger partial charge in [-0.2, -0.15) is 11.8 Å². The molecule has 0 bridgehead atoms. The maximum absolute atomic E-state index is 6.24. The fraction of sp³-hybridized carbons (Fsp3) is 0.667. The van der Waals surface area contributed by atoms with E-state index in [1.54, 1.807) is 0 Å². The van der Waals surface area contributed by atoms with Gasteiger partial charge in [-0.3, -0.25) is 0 Å². The van der Waals surface area contributed by atoms with E-state index in [9.17, 15) is 0 Å². The first-order valence-electron chi connectivity index (χ1n) is 6.10. The fourth-order valence-corrected chi connectivity index (χ4v) is 4.28. The predicted octanol–water partition coefficient (Wildman–Crippen LogP) is 4.57. The van der Waals surface area contributed by atoms with Crippen LogP contribution in [0.5, 0.6) is 0 Å². The van der Waals surface area contributed by atoms with Gasteiger partial charge in [0.1, 0.15) is 11.0 Å². The molecule has 2 nitrogen and oxygen atoms in total.